The topological polar surface area (TPSA) is 63.1 Å². The first-order chi connectivity index (χ1) is 15.2. The predicted octanol–water partition coefficient (Wildman–Crippen LogP) is 4.37. The number of piperidine rings is 1. The number of pyridine rings is 1. The lowest BCUT2D eigenvalue weighted by Crippen LogP contribution is -2.38. The fourth-order valence-electron chi connectivity index (χ4n) is 4.67. The number of aromatic nitrogens is 3. The molecular weight excluding hydrogens is 454 g/mol. The zero-order valence-electron chi connectivity index (χ0n) is 17.4. The Morgan fingerprint density at radius 1 is 1.10 bits per heavy atom. The van der Waals surface area contributed by atoms with Crippen LogP contribution in [0.5, 0.6) is 0 Å². The van der Waals surface area contributed by atoms with Gasteiger partial charge in [-0.1, -0.05) is 18.2 Å². The summed E-state index contributed by atoms with van der Waals surface area (Å²) < 4.78 is 3.04. The van der Waals surface area contributed by atoms with E-state index in [0.29, 0.717) is 5.82 Å². The molecule has 31 heavy (non-hydrogen) atoms. The second-order valence-electron chi connectivity index (χ2n) is 8.37. The first-order valence-electron chi connectivity index (χ1n) is 11.0. The molecule has 1 fully saturated rings. The quantitative estimate of drug-likeness (QED) is 0.589. The van der Waals surface area contributed by atoms with Gasteiger partial charge in [0.05, 0.1) is 11.4 Å². The largest absolute Gasteiger partial charge is 0.310 e. The molecular formula is C24H26BrN5O. The fourth-order valence-corrected chi connectivity index (χ4v) is 4.90. The number of rotatable bonds is 5. The molecule has 1 aliphatic heterocycles. The van der Waals surface area contributed by atoms with Gasteiger partial charge in [0, 0.05) is 28.8 Å². The van der Waals surface area contributed by atoms with E-state index in [1.54, 1.807) is 6.20 Å². The van der Waals surface area contributed by atoms with Crippen LogP contribution in [0.25, 0.3) is 5.69 Å². The van der Waals surface area contributed by atoms with E-state index in [1.165, 1.54) is 23.4 Å². The summed E-state index contributed by atoms with van der Waals surface area (Å²) in [7, 11) is 0. The number of likely N-dealkylation sites (tertiary alicyclic amines) is 1. The minimum Gasteiger partial charge on any atom is -0.310 e. The lowest BCUT2D eigenvalue weighted by Gasteiger charge is -2.30. The van der Waals surface area contributed by atoms with Crippen LogP contribution in [0.2, 0.25) is 0 Å². The number of benzene rings is 1. The van der Waals surface area contributed by atoms with Crippen LogP contribution < -0.4 is 5.32 Å². The third-order valence-corrected chi connectivity index (χ3v) is 6.79. The molecule has 6 nitrogen and oxygen atoms in total. The molecule has 7 heteroatoms. The molecule has 0 atom stereocenters. The highest BCUT2D eigenvalue weighted by molar-refractivity contribution is 9.10. The Labute approximate surface area is 190 Å². The number of fused-ring (bicyclic) bond motifs is 1. The Hall–Kier alpha value is -2.51. The zero-order chi connectivity index (χ0) is 21.2. The van der Waals surface area contributed by atoms with Crippen LogP contribution in [0.1, 0.15) is 36.2 Å². The van der Waals surface area contributed by atoms with E-state index in [-0.39, 0.29) is 11.8 Å². The number of anilines is 1. The van der Waals surface area contributed by atoms with Gasteiger partial charge in [0.2, 0.25) is 5.91 Å². The van der Waals surface area contributed by atoms with Gasteiger partial charge in [0.15, 0.2) is 0 Å². The van der Waals surface area contributed by atoms with Gasteiger partial charge in [0.1, 0.15) is 5.82 Å². The molecule has 160 valence electrons. The van der Waals surface area contributed by atoms with Crippen molar-refractivity contribution in [3.8, 4) is 5.69 Å². The number of nitrogens with zero attached hydrogens (tertiary/aromatic N) is 4. The molecule has 3 heterocycles. The van der Waals surface area contributed by atoms with E-state index in [4.69, 9.17) is 5.10 Å². The van der Waals surface area contributed by atoms with Gasteiger partial charge < -0.3 is 5.32 Å². The molecule has 0 spiro atoms. The molecule has 1 aliphatic carbocycles. The molecule has 0 bridgehead atoms. The molecule has 0 saturated carbocycles. The lowest BCUT2D eigenvalue weighted by molar-refractivity contribution is -0.121. The van der Waals surface area contributed by atoms with Crippen molar-refractivity contribution in [1.82, 2.24) is 19.7 Å². The van der Waals surface area contributed by atoms with Gasteiger partial charge in [-0.2, -0.15) is 5.10 Å². The summed E-state index contributed by atoms with van der Waals surface area (Å²) in [6.07, 6.45) is 6.86. The number of nitrogens with one attached hydrogen (secondary N) is 1. The van der Waals surface area contributed by atoms with Crippen molar-refractivity contribution in [2.45, 2.75) is 38.6 Å². The van der Waals surface area contributed by atoms with Gasteiger partial charge in [0.25, 0.3) is 0 Å². The number of carbonyl (C=O) groups excluding carboxylic acids is 1. The van der Waals surface area contributed by atoms with Crippen molar-refractivity contribution in [1.29, 1.82) is 0 Å². The summed E-state index contributed by atoms with van der Waals surface area (Å²) in [5.74, 6) is 0.718. The van der Waals surface area contributed by atoms with Crippen molar-refractivity contribution in [2.75, 3.05) is 18.4 Å². The van der Waals surface area contributed by atoms with E-state index in [2.05, 4.69) is 60.1 Å². The van der Waals surface area contributed by atoms with E-state index in [1.807, 2.05) is 18.2 Å². The SMILES string of the molecule is O=C(Nc1ccc(Br)cn1)C1CCN(Cc2nn(-c3ccccc3)c3c2CCC3)CC1. The van der Waals surface area contributed by atoms with Gasteiger partial charge >= 0.3 is 0 Å². The second-order valence-corrected chi connectivity index (χ2v) is 9.29. The zero-order valence-corrected chi connectivity index (χ0v) is 19.0. The Kier molecular flexibility index (Phi) is 5.87. The van der Waals surface area contributed by atoms with Crippen LogP contribution in [0.3, 0.4) is 0 Å². The first kappa shape index (κ1) is 20.4. The van der Waals surface area contributed by atoms with Crippen molar-refractivity contribution in [3.05, 3.63) is 70.1 Å². The molecule has 2 aromatic heterocycles. The van der Waals surface area contributed by atoms with E-state index in [9.17, 15) is 4.79 Å². The molecule has 2 aliphatic rings. The highest BCUT2D eigenvalue weighted by Crippen LogP contribution is 2.29. The summed E-state index contributed by atoms with van der Waals surface area (Å²) in [6, 6.07) is 14.1. The van der Waals surface area contributed by atoms with Crippen LogP contribution in [-0.2, 0) is 24.2 Å². The standard InChI is InChI=1S/C24H26BrN5O/c25-18-9-10-23(26-15-18)27-24(31)17-11-13-29(14-12-17)16-21-20-7-4-8-22(20)30(28-21)19-5-2-1-3-6-19/h1-3,5-6,9-10,15,17H,4,7-8,11-14,16H2,(H,26,27,31). The third kappa shape index (κ3) is 4.43. The Morgan fingerprint density at radius 3 is 2.65 bits per heavy atom. The summed E-state index contributed by atoms with van der Waals surface area (Å²) in [5, 5.41) is 7.95. The normalized spacial score (nSPS) is 16.9. The predicted molar refractivity (Wildman–Crippen MR) is 124 cm³/mol. The number of carbonyl (C=O) groups is 1. The van der Waals surface area contributed by atoms with Gasteiger partial charge in [-0.05, 0) is 91.0 Å². The molecule has 1 amide bonds. The molecule has 0 radical (unpaired) electrons. The molecule has 1 saturated heterocycles. The van der Waals surface area contributed by atoms with Crippen LogP contribution in [0, 0.1) is 5.92 Å². The summed E-state index contributed by atoms with van der Waals surface area (Å²) in [5.41, 5.74) is 5.16. The first-order valence-corrected chi connectivity index (χ1v) is 11.8. The number of para-hydroxylation sites is 1. The smallest absolute Gasteiger partial charge is 0.228 e. The Morgan fingerprint density at radius 2 is 1.90 bits per heavy atom. The van der Waals surface area contributed by atoms with Gasteiger partial charge in [-0.3, -0.25) is 9.69 Å². The average Bonchev–Trinajstić information content (AvgIpc) is 3.40. The summed E-state index contributed by atoms with van der Waals surface area (Å²) >= 11 is 3.37. The van der Waals surface area contributed by atoms with Crippen molar-refractivity contribution in [3.63, 3.8) is 0 Å². The van der Waals surface area contributed by atoms with Crippen LogP contribution >= 0.6 is 15.9 Å². The second kappa shape index (κ2) is 8.93. The van der Waals surface area contributed by atoms with E-state index < -0.39 is 0 Å². The Bertz CT molecular complexity index is 1060. The van der Waals surface area contributed by atoms with Crippen LogP contribution in [0.15, 0.2) is 53.1 Å². The van der Waals surface area contributed by atoms with Crippen molar-refractivity contribution < 1.29 is 4.79 Å². The average molecular weight is 480 g/mol. The number of amides is 1. The highest BCUT2D eigenvalue weighted by atomic mass is 79.9. The minimum atomic E-state index is 0.0364. The summed E-state index contributed by atoms with van der Waals surface area (Å²) in [4.78, 5) is 19.3. The van der Waals surface area contributed by atoms with Crippen LogP contribution in [0.4, 0.5) is 5.82 Å². The molecule has 1 N–H and O–H groups in total. The maximum atomic E-state index is 12.6. The van der Waals surface area contributed by atoms with Crippen molar-refractivity contribution >= 4 is 27.7 Å². The number of hydrogen-bond acceptors (Lipinski definition) is 4. The third-order valence-electron chi connectivity index (χ3n) is 6.32. The van der Waals surface area contributed by atoms with Gasteiger partial charge in [-0.15, -0.1) is 0 Å². The lowest BCUT2D eigenvalue weighted by atomic mass is 9.95. The van der Waals surface area contributed by atoms with E-state index in [0.717, 1.165) is 55.5 Å². The number of halogens is 1. The van der Waals surface area contributed by atoms with Gasteiger partial charge in [-0.25, -0.2) is 9.67 Å². The molecule has 3 aromatic rings. The van der Waals surface area contributed by atoms with E-state index >= 15 is 0 Å². The number of hydrogen-bond donors (Lipinski definition) is 1. The minimum absolute atomic E-state index is 0.0364. The highest BCUT2D eigenvalue weighted by Gasteiger charge is 2.28. The monoisotopic (exact) mass is 479 g/mol. The fraction of sp³-hybridized carbons (Fsp3) is 0.375. The molecule has 5 rings (SSSR count). The van der Waals surface area contributed by atoms with Crippen molar-refractivity contribution in [2.24, 2.45) is 5.92 Å². The molecule has 0 unspecified atom stereocenters. The maximum Gasteiger partial charge on any atom is 0.228 e. The van der Waals surface area contributed by atoms with Crippen LogP contribution in [-0.4, -0.2) is 38.7 Å². The maximum absolute atomic E-state index is 12.6. The molecule has 1 aromatic carbocycles. The Balaban J connectivity index is 1.21. The summed E-state index contributed by atoms with van der Waals surface area (Å²) in [6.45, 7) is 2.70.